The first-order valence-electron chi connectivity index (χ1n) is 9.83. The minimum absolute atomic E-state index is 0.954. The van der Waals surface area contributed by atoms with Crippen LogP contribution in [0, 0.1) is 13.8 Å². The van der Waals surface area contributed by atoms with Crippen molar-refractivity contribution in [3.8, 4) is 22.3 Å². The number of fused-ring (bicyclic) bond motifs is 6. The van der Waals surface area contributed by atoms with E-state index in [1.165, 1.54) is 49.7 Å². The minimum Gasteiger partial charge on any atom is -0.455 e. The van der Waals surface area contributed by atoms with E-state index in [1.807, 2.05) is 0 Å². The molecule has 0 radical (unpaired) electrons. The van der Waals surface area contributed by atoms with Gasteiger partial charge in [-0.3, -0.25) is 0 Å². The zero-order chi connectivity index (χ0) is 18.8. The lowest BCUT2D eigenvalue weighted by atomic mass is 9.97. The maximum absolute atomic E-state index is 6.30. The second-order valence-electron chi connectivity index (χ2n) is 7.93. The highest BCUT2D eigenvalue weighted by Gasteiger charge is 2.21. The molecule has 1 heteroatoms. The van der Waals surface area contributed by atoms with E-state index in [0.29, 0.717) is 0 Å². The molecule has 0 atom stereocenters. The molecule has 0 amide bonds. The average molecular weight is 360 g/mol. The summed E-state index contributed by atoms with van der Waals surface area (Å²) in [6.45, 7) is 4.34. The molecule has 1 aromatic heterocycles. The van der Waals surface area contributed by atoms with Crippen LogP contribution in [0.25, 0.3) is 44.2 Å². The van der Waals surface area contributed by atoms with E-state index in [1.54, 1.807) is 0 Å². The van der Waals surface area contributed by atoms with E-state index in [0.717, 1.165) is 23.2 Å². The Morgan fingerprint density at radius 1 is 0.714 bits per heavy atom. The van der Waals surface area contributed by atoms with Crippen molar-refractivity contribution in [3.05, 3.63) is 95.1 Å². The zero-order valence-electron chi connectivity index (χ0n) is 16.0. The molecule has 4 aromatic carbocycles. The Morgan fingerprint density at radius 2 is 1.57 bits per heavy atom. The van der Waals surface area contributed by atoms with Gasteiger partial charge < -0.3 is 4.42 Å². The Kier molecular flexibility index (Phi) is 3.14. The van der Waals surface area contributed by atoms with Crippen molar-refractivity contribution in [1.29, 1.82) is 0 Å². The molecule has 28 heavy (non-hydrogen) atoms. The predicted molar refractivity (Wildman–Crippen MR) is 117 cm³/mol. The van der Waals surface area contributed by atoms with Crippen molar-refractivity contribution in [2.24, 2.45) is 0 Å². The normalized spacial score (nSPS) is 12.5. The number of aryl methyl sites for hydroxylation is 2. The van der Waals surface area contributed by atoms with Gasteiger partial charge in [-0.05, 0) is 71.8 Å². The highest BCUT2D eigenvalue weighted by molar-refractivity contribution is 6.09. The molecule has 1 nitrogen and oxygen atoms in total. The summed E-state index contributed by atoms with van der Waals surface area (Å²) in [6, 6.07) is 26.4. The molecular formula is C27H20O. The largest absolute Gasteiger partial charge is 0.455 e. The fraction of sp³-hybridized carbons (Fsp3) is 0.111. The van der Waals surface area contributed by atoms with Crippen LogP contribution < -0.4 is 0 Å². The van der Waals surface area contributed by atoms with E-state index < -0.39 is 0 Å². The van der Waals surface area contributed by atoms with E-state index >= 15 is 0 Å². The maximum Gasteiger partial charge on any atom is 0.143 e. The summed E-state index contributed by atoms with van der Waals surface area (Å²) in [5, 5.41) is 2.38. The second-order valence-corrected chi connectivity index (χ2v) is 7.93. The molecule has 6 rings (SSSR count). The van der Waals surface area contributed by atoms with Crippen molar-refractivity contribution in [3.63, 3.8) is 0 Å². The lowest BCUT2D eigenvalue weighted by molar-refractivity contribution is 0.670. The molecule has 5 aromatic rings. The number of hydrogen-bond donors (Lipinski definition) is 0. The third-order valence-electron chi connectivity index (χ3n) is 6.14. The van der Waals surface area contributed by atoms with Gasteiger partial charge in [0.2, 0.25) is 0 Å². The summed E-state index contributed by atoms with van der Waals surface area (Å²) in [5.74, 6) is 0. The van der Waals surface area contributed by atoms with Crippen LogP contribution in [0.3, 0.4) is 0 Å². The van der Waals surface area contributed by atoms with Crippen LogP contribution >= 0.6 is 0 Å². The first kappa shape index (κ1) is 15.7. The summed E-state index contributed by atoms with van der Waals surface area (Å²) in [5.41, 5.74) is 12.6. The summed E-state index contributed by atoms with van der Waals surface area (Å²) in [6.07, 6.45) is 1.03. The topological polar surface area (TPSA) is 13.1 Å². The molecule has 134 valence electrons. The Labute approximate surface area is 164 Å². The number of para-hydroxylation sites is 1. The molecular weight excluding hydrogens is 340 g/mol. The Hall–Kier alpha value is -3.32. The van der Waals surface area contributed by atoms with Crippen LogP contribution in [0.15, 0.2) is 77.2 Å². The fourth-order valence-electron chi connectivity index (χ4n) is 4.67. The number of furan rings is 1. The fourth-order valence-corrected chi connectivity index (χ4v) is 4.67. The van der Waals surface area contributed by atoms with Crippen LogP contribution in [0.5, 0.6) is 0 Å². The molecule has 0 aliphatic heterocycles. The van der Waals surface area contributed by atoms with Crippen LogP contribution in [-0.2, 0) is 6.42 Å². The third-order valence-corrected chi connectivity index (χ3v) is 6.14. The van der Waals surface area contributed by atoms with Gasteiger partial charge in [0.25, 0.3) is 0 Å². The SMILES string of the molecule is Cc1ccc2oc3c(-c4ccc5c(c4)-c4cccc(C)c4C5)cccc3c2c1. The summed E-state index contributed by atoms with van der Waals surface area (Å²) in [7, 11) is 0. The molecule has 0 saturated heterocycles. The summed E-state index contributed by atoms with van der Waals surface area (Å²) >= 11 is 0. The van der Waals surface area contributed by atoms with Crippen LogP contribution in [0.2, 0.25) is 0 Å². The molecule has 0 unspecified atom stereocenters. The molecule has 0 bridgehead atoms. The third kappa shape index (κ3) is 2.13. The van der Waals surface area contributed by atoms with E-state index in [9.17, 15) is 0 Å². The quantitative estimate of drug-likeness (QED) is 0.297. The van der Waals surface area contributed by atoms with E-state index in [-0.39, 0.29) is 0 Å². The lowest BCUT2D eigenvalue weighted by Crippen LogP contribution is -1.84. The van der Waals surface area contributed by atoms with Gasteiger partial charge in [-0.1, -0.05) is 60.2 Å². The molecule has 0 fully saturated rings. The monoisotopic (exact) mass is 360 g/mol. The van der Waals surface area contributed by atoms with Gasteiger partial charge in [0.15, 0.2) is 0 Å². The number of rotatable bonds is 1. The Balaban J connectivity index is 1.60. The summed E-state index contributed by atoms with van der Waals surface area (Å²) in [4.78, 5) is 0. The van der Waals surface area contributed by atoms with Crippen molar-refractivity contribution in [1.82, 2.24) is 0 Å². The summed E-state index contributed by atoms with van der Waals surface area (Å²) < 4.78 is 6.30. The van der Waals surface area contributed by atoms with Crippen molar-refractivity contribution in [2.75, 3.05) is 0 Å². The lowest BCUT2D eigenvalue weighted by Gasteiger charge is -2.07. The maximum atomic E-state index is 6.30. The standard InChI is InChI=1S/C27H20O/c1-16-9-12-26-25(13-16)22-8-4-6-20(27(22)28-26)18-10-11-19-14-23-17(2)5-3-7-21(23)24(19)15-18/h3-13,15H,14H2,1-2H3. The van der Waals surface area contributed by atoms with E-state index in [2.05, 4.69) is 86.6 Å². The highest BCUT2D eigenvalue weighted by atomic mass is 16.3. The molecule has 1 aliphatic carbocycles. The van der Waals surface area contributed by atoms with Crippen LogP contribution in [0.4, 0.5) is 0 Å². The smallest absolute Gasteiger partial charge is 0.143 e. The minimum atomic E-state index is 0.954. The van der Waals surface area contributed by atoms with Gasteiger partial charge in [0.05, 0.1) is 0 Å². The van der Waals surface area contributed by atoms with E-state index in [4.69, 9.17) is 4.42 Å². The van der Waals surface area contributed by atoms with Gasteiger partial charge in [0.1, 0.15) is 11.2 Å². The first-order valence-corrected chi connectivity index (χ1v) is 9.83. The number of hydrogen-bond acceptors (Lipinski definition) is 1. The first-order chi connectivity index (χ1) is 13.7. The van der Waals surface area contributed by atoms with Gasteiger partial charge in [-0.15, -0.1) is 0 Å². The molecule has 1 heterocycles. The Morgan fingerprint density at radius 3 is 2.50 bits per heavy atom. The van der Waals surface area contributed by atoms with Gasteiger partial charge in [-0.25, -0.2) is 0 Å². The van der Waals surface area contributed by atoms with Crippen molar-refractivity contribution < 1.29 is 4.42 Å². The Bertz CT molecular complexity index is 1400. The predicted octanol–water partition coefficient (Wildman–Crippen LogP) is 7.44. The average Bonchev–Trinajstić information content (AvgIpc) is 3.26. The molecule has 0 saturated carbocycles. The molecule has 0 N–H and O–H groups in total. The highest BCUT2D eigenvalue weighted by Crippen LogP contribution is 2.42. The zero-order valence-corrected chi connectivity index (χ0v) is 16.0. The second kappa shape index (κ2) is 5.59. The van der Waals surface area contributed by atoms with Crippen LogP contribution in [-0.4, -0.2) is 0 Å². The number of benzene rings is 4. The van der Waals surface area contributed by atoms with Gasteiger partial charge >= 0.3 is 0 Å². The van der Waals surface area contributed by atoms with Crippen LogP contribution in [0.1, 0.15) is 22.3 Å². The van der Waals surface area contributed by atoms with Crippen molar-refractivity contribution in [2.45, 2.75) is 20.3 Å². The van der Waals surface area contributed by atoms with Gasteiger partial charge in [0, 0.05) is 16.3 Å². The van der Waals surface area contributed by atoms with Crippen molar-refractivity contribution >= 4 is 21.9 Å². The van der Waals surface area contributed by atoms with Gasteiger partial charge in [-0.2, -0.15) is 0 Å². The molecule has 1 aliphatic rings. The molecule has 0 spiro atoms.